The summed E-state index contributed by atoms with van der Waals surface area (Å²) in [5.41, 5.74) is 0.397. The zero-order chi connectivity index (χ0) is 16.1. The van der Waals surface area contributed by atoms with Gasteiger partial charge < -0.3 is 9.84 Å². The summed E-state index contributed by atoms with van der Waals surface area (Å²) in [6.07, 6.45) is 1.57. The van der Waals surface area contributed by atoms with E-state index in [9.17, 15) is 8.42 Å². The number of thioether (sulfide) groups is 1. The van der Waals surface area contributed by atoms with Crippen LogP contribution in [0.2, 0.25) is 0 Å². The summed E-state index contributed by atoms with van der Waals surface area (Å²) in [6.45, 7) is 2.28. The lowest BCUT2D eigenvalue weighted by Gasteiger charge is -2.37. The number of aryl methyl sites for hydroxylation is 1. The van der Waals surface area contributed by atoms with Gasteiger partial charge in [0.1, 0.15) is 0 Å². The van der Waals surface area contributed by atoms with Crippen LogP contribution in [0.4, 0.5) is 0 Å². The van der Waals surface area contributed by atoms with E-state index in [1.54, 1.807) is 18.2 Å². The first-order valence-corrected chi connectivity index (χ1v) is 10.0. The highest BCUT2D eigenvalue weighted by molar-refractivity contribution is 7.99. The number of aliphatic hydroxyl groups excluding tert-OH is 1. The molecule has 0 radical (unpaired) electrons. The van der Waals surface area contributed by atoms with Crippen molar-refractivity contribution in [3.05, 3.63) is 29.8 Å². The third-order valence-electron chi connectivity index (χ3n) is 3.79. The van der Waals surface area contributed by atoms with E-state index in [0.29, 0.717) is 0 Å². The molecular formula is C15H23NO4S2. The maximum Gasteiger partial charge on any atom is 0.240 e. The lowest BCUT2D eigenvalue weighted by atomic mass is 9.97. The molecule has 0 aliphatic carbocycles. The van der Waals surface area contributed by atoms with Crippen molar-refractivity contribution in [2.75, 3.05) is 31.3 Å². The highest BCUT2D eigenvalue weighted by atomic mass is 32.2. The third kappa shape index (κ3) is 4.70. The van der Waals surface area contributed by atoms with Gasteiger partial charge in [-0.05, 0) is 49.0 Å². The van der Waals surface area contributed by atoms with Crippen LogP contribution in [0.5, 0.6) is 0 Å². The van der Waals surface area contributed by atoms with Gasteiger partial charge >= 0.3 is 0 Å². The second kappa shape index (κ2) is 7.79. The molecule has 1 aromatic rings. The fourth-order valence-corrected chi connectivity index (χ4v) is 4.93. The van der Waals surface area contributed by atoms with Crippen molar-refractivity contribution in [2.24, 2.45) is 0 Å². The molecule has 1 aromatic carbocycles. The van der Waals surface area contributed by atoms with Crippen LogP contribution in [0.3, 0.4) is 0 Å². The summed E-state index contributed by atoms with van der Waals surface area (Å²) in [6, 6.07) is 6.84. The Bertz CT molecular complexity index is 583. The number of nitrogens with one attached hydrogen (secondary N) is 1. The second-order valence-electron chi connectivity index (χ2n) is 5.51. The summed E-state index contributed by atoms with van der Waals surface area (Å²) in [7, 11) is -3.54. The Morgan fingerprint density at radius 3 is 2.73 bits per heavy atom. The standard InChI is InChI=1S/C15H23NO4S2/c1-13-3-2-4-14(11-13)22(18,19)16-12-15(20-8-7-17)5-9-21-10-6-15/h2-4,11,16-17H,5-10,12H2,1H3. The molecule has 0 unspecified atom stereocenters. The van der Waals surface area contributed by atoms with E-state index in [1.165, 1.54) is 0 Å². The van der Waals surface area contributed by atoms with Crippen LogP contribution in [-0.4, -0.2) is 50.4 Å². The maximum atomic E-state index is 12.4. The molecule has 0 aromatic heterocycles. The second-order valence-corrected chi connectivity index (χ2v) is 8.50. The van der Waals surface area contributed by atoms with Crippen molar-refractivity contribution >= 4 is 21.8 Å². The number of hydrogen-bond donors (Lipinski definition) is 2. The average Bonchev–Trinajstić information content (AvgIpc) is 2.52. The minimum atomic E-state index is -3.54. The number of sulfonamides is 1. The highest BCUT2D eigenvalue weighted by Crippen LogP contribution is 2.30. The first-order valence-electron chi connectivity index (χ1n) is 7.36. The minimum absolute atomic E-state index is 0.0560. The molecule has 7 heteroatoms. The summed E-state index contributed by atoms with van der Waals surface area (Å²) < 4.78 is 33.3. The third-order valence-corrected chi connectivity index (χ3v) is 6.17. The van der Waals surface area contributed by atoms with Crippen molar-refractivity contribution < 1.29 is 18.3 Å². The molecule has 124 valence electrons. The fourth-order valence-electron chi connectivity index (χ4n) is 2.47. The van der Waals surface area contributed by atoms with Gasteiger partial charge in [0.15, 0.2) is 0 Å². The van der Waals surface area contributed by atoms with Gasteiger partial charge in [0.25, 0.3) is 0 Å². The molecule has 5 nitrogen and oxygen atoms in total. The Kier molecular flexibility index (Phi) is 6.28. The predicted molar refractivity (Wildman–Crippen MR) is 88.7 cm³/mol. The first kappa shape index (κ1) is 17.7. The molecule has 1 heterocycles. The number of ether oxygens (including phenoxy) is 1. The van der Waals surface area contributed by atoms with Gasteiger partial charge in [-0.3, -0.25) is 0 Å². The van der Waals surface area contributed by atoms with Crippen molar-refractivity contribution in [1.82, 2.24) is 4.72 Å². The highest BCUT2D eigenvalue weighted by Gasteiger charge is 2.34. The van der Waals surface area contributed by atoms with Crippen LogP contribution in [0, 0.1) is 6.92 Å². The molecule has 2 N–H and O–H groups in total. The Morgan fingerprint density at radius 2 is 2.09 bits per heavy atom. The van der Waals surface area contributed by atoms with E-state index in [1.807, 2.05) is 24.8 Å². The molecule has 0 amide bonds. The normalized spacial score (nSPS) is 18.3. The molecule has 0 bridgehead atoms. The number of hydrogen-bond acceptors (Lipinski definition) is 5. The van der Waals surface area contributed by atoms with Gasteiger partial charge in [-0.1, -0.05) is 12.1 Å². The van der Waals surface area contributed by atoms with Gasteiger partial charge in [0, 0.05) is 6.54 Å². The SMILES string of the molecule is Cc1cccc(S(=O)(=O)NCC2(OCCO)CCSCC2)c1. The van der Waals surface area contributed by atoms with E-state index in [-0.39, 0.29) is 24.7 Å². The number of aliphatic hydroxyl groups is 1. The summed E-state index contributed by atoms with van der Waals surface area (Å²) in [4.78, 5) is 0.273. The van der Waals surface area contributed by atoms with Crippen molar-refractivity contribution in [1.29, 1.82) is 0 Å². The van der Waals surface area contributed by atoms with Gasteiger partial charge in [-0.15, -0.1) is 0 Å². The van der Waals surface area contributed by atoms with Crippen LogP contribution < -0.4 is 4.72 Å². The van der Waals surface area contributed by atoms with Gasteiger partial charge in [-0.25, -0.2) is 13.1 Å². The monoisotopic (exact) mass is 345 g/mol. The average molecular weight is 345 g/mol. The Morgan fingerprint density at radius 1 is 1.36 bits per heavy atom. The lowest BCUT2D eigenvalue weighted by molar-refractivity contribution is -0.0591. The zero-order valence-corrected chi connectivity index (χ0v) is 14.4. The van der Waals surface area contributed by atoms with Crippen LogP contribution in [-0.2, 0) is 14.8 Å². The number of benzene rings is 1. The maximum absolute atomic E-state index is 12.4. The zero-order valence-electron chi connectivity index (χ0n) is 12.7. The van der Waals surface area contributed by atoms with Crippen molar-refractivity contribution in [2.45, 2.75) is 30.3 Å². The van der Waals surface area contributed by atoms with Crippen LogP contribution in [0.1, 0.15) is 18.4 Å². The smallest absolute Gasteiger partial charge is 0.240 e. The Hall–Kier alpha value is -0.600. The number of rotatable bonds is 7. The largest absolute Gasteiger partial charge is 0.394 e. The Balaban J connectivity index is 2.07. The summed E-state index contributed by atoms with van der Waals surface area (Å²) in [5.74, 6) is 1.88. The molecule has 0 spiro atoms. The van der Waals surface area contributed by atoms with E-state index < -0.39 is 15.6 Å². The fraction of sp³-hybridized carbons (Fsp3) is 0.600. The summed E-state index contributed by atoms with van der Waals surface area (Å²) >= 11 is 1.84. The molecule has 1 fully saturated rings. The first-order chi connectivity index (χ1) is 10.5. The summed E-state index contributed by atoms with van der Waals surface area (Å²) in [5, 5.41) is 8.98. The molecule has 0 saturated carbocycles. The molecular weight excluding hydrogens is 322 g/mol. The molecule has 22 heavy (non-hydrogen) atoms. The molecule has 1 saturated heterocycles. The van der Waals surface area contributed by atoms with Crippen LogP contribution in [0.15, 0.2) is 29.2 Å². The Labute approximate surface area is 136 Å². The van der Waals surface area contributed by atoms with E-state index >= 15 is 0 Å². The topological polar surface area (TPSA) is 75.6 Å². The van der Waals surface area contributed by atoms with Gasteiger partial charge in [0.05, 0.1) is 23.7 Å². The van der Waals surface area contributed by atoms with Gasteiger partial charge in [0.2, 0.25) is 10.0 Å². The van der Waals surface area contributed by atoms with Crippen molar-refractivity contribution in [3.8, 4) is 0 Å². The lowest BCUT2D eigenvalue weighted by Crippen LogP contribution is -2.48. The predicted octanol–water partition coefficient (Wildman–Crippen LogP) is 1.55. The minimum Gasteiger partial charge on any atom is -0.394 e. The molecule has 1 aliphatic rings. The molecule has 2 rings (SSSR count). The molecule has 1 aliphatic heterocycles. The van der Waals surface area contributed by atoms with Gasteiger partial charge in [-0.2, -0.15) is 11.8 Å². The van der Waals surface area contributed by atoms with E-state index in [0.717, 1.165) is 29.9 Å². The quantitative estimate of drug-likeness (QED) is 0.784. The van der Waals surface area contributed by atoms with E-state index in [2.05, 4.69) is 4.72 Å². The van der Waals surface area contributed by atoms with E-state index in [4.69, 9.17) is 9.84 Å². The van der Waals surface area contributed by atoms with Crippen molar-refractivity contribution in [3.63, 3.8) is 0 Å². The van der Waals surface area contributed by atoms with Crippen LogP contribution in [0.25, 0.3) is 0 Å². The van der Waals surface area contributed by atoms with Crippen LogP contribution >= 0.6 is 11.8 Å². The molecule has 0 atom stereocenters.